The predicted octanol–water partition coefficient (Wildman–Crippen LogP) is 10.0. The summed E-state index contributed by atoms with van der Waals surface area (Å²) in [7, 11) is -4.30. The molecule has 0 amide bonds. The first-order valence-corrected chi connectivity index (χ1v) is 19.4. The van der Waals surface area contributed by atoms with Crippen LogP contribution in [0.1, 0.15) is 123 Å². The van der Waals surface area contributed by atoms with Crippen LogP contribution >= 0.6 is 7.82 Å². The summed E-state index contributed by atoms with van der Waals surface area (Å²) in [5.74, 6) is -0.463. The third-order valence-corrected chi connectivity index (χ3v) is 7.87. The molecule has 0 aromatic heterocycles. The lowest BCUT2D eigenvalue weighted by Gasteiger charge is -2.19. The summed E-state index contributed by atoms with van der Waals surface area (Å²) in [6.07, 6.45) is 42.3. The van der Waals surface area contributed by atoms with Crippen LogP contribution in [0.3, 0.4) is 0 Å². The molecule has 0 aliphatic carbocycles. The molecule has 0 aromatic carbocycles. The average molecular weight is 680 g/mol. The van der Waals surface area contributed by atoms with Crippen LogP contribution in [0.4, 0.5) is 0 Å². The molecule has 2 unspecified atom stereocenters. The minimum absolute atomic E-state index is 0.0683. The average Bonchev–Trinajstić information content (AvgIpc) is 3.06. The van der Waals surface area contributed by atoms with Gasteiger partial charge in [-0.2, -0.15) is 0 Å². The van der Waals surface area contributed by atoms with E-state index in [1.54, 1.807) is 6.08 Å². The minimum Gasteiger partial charge on any atom is -0.457 e. The second kappa shape index (κ2) is 35.3. The van der Waals surface area contributed by atoms with E-state index in [1.807, 2.05) is 6.08 Å². The van der Waals surface area contributed by atoms with Crippen LogP contribution in [0, 0.1) is 0 Å². The summed E-state index contributed by atoms with van der Waals surface area (Å²) < 4.78 is 33.1. The zero-order valence-electron chi connectivity index (χ0n) is 29.5. The fourth-order valence-electron chi connectivity index (χ4n) is 4.30. The second-order valence-corrected chi connectivity index (χ2v) is 12.8. The molecule has 0 aromatic rings. The van der Waals surface area contributed by atoms with E-state index in [4.69, 9.17) is 24.3 Å². The van der Waals surface area contributed by atoms with E-state index in [2.05, 4.69) is 74.6 Å². The Morgan fingerprint density at radius 2 is 1.19 bits per heavy atom. The number of hydrogen-bond acceptors (Lipinski definition) is 7. The fourth-order valence-corrected chi connectivity index (χ4v) is 5.06. The molecule has 0 fully saturated rings. The van der Waals surface area contributed by atoms with Crippen molar-refractivity contribution in [2.24, 2.45) is 5.73 Å². The number of esters is 1. The van der Waals surface area contributed by atoms with Crippen LogP contribution in [0.25, 0.3) is 0 Å². The monoisotopic (exact) mass is 679 g/mol. The van der Waals surface area contributed by atoms with Crippen LogP contribution in [0.5, 0.6) is 0 Å². The molecule has 2 atom stereocenters. The van der Waals surface area contributed by atoms with Gasteiger partial charge in [0.1, 0.15) is 6.10 Å². The number of ether oxygens (including phenoxy) is 2. The topological polar surface area (TPSA) is 117 Å². The van der Waals surface area contributed by atoms with Crippen LogP contribution in [-0.2, 0) is 27.9 Å². The van der Waals surface area contributed by atoms with Crippen molar-refractivity contribution in [2.45, 2.75) is 129 Å². The van der Waals surface area contributed by atoms with Crippen LogP contribution in [-0.4, -0.2) is 49.9 Å². The highest BCUT2D eigenvalue weighted by atomic mass is 31.2. The highest BCUT2D eigenvalue weighted by Crippen LogP contribution is 2.43. The van der Waals surface area contributed by atoms with Crippen molar-refractivity contribution in [3.8, 4) is 0 Å². The number of phosphoric ester groups is 1. The van der Waals surface area contributed by atoms with Gasteiger partial charge < -0.3 is 20.1 Å². The molecule has 0 saturated heterocycles. The van der Waals surface area contributed by atoms with Crippen molar-refractivity contribution < 1.29 is 32.8 Å². The summed E-state index contributed by atoms with van der Waals surface area (Å²) in [5, 5.41) is 0. The summed E-state index contributed by atoms with van der Waals surface area (Å²) in [4.78, 5) is 22.3. The molecule has 3 N–H and O–H groups in total. The number of phosphoric acid groups is 1. The molecular formula is C38H66NO7P. The quantitative estimate of drug-likeness (QED) is 0.0305. The van der Waals surface area contributed by atoms with Gasteiger partial charge in [0.2, 0.25) is 0 Å². The molecule has 270 valence electrons. The van der Waals surface area contributed by atoms with Gasteiger partial charge in [-0.3, -0.25) is 13.8 Å². The number of carbonyl (C=O) groups is 1. The molecule has 0 aliphatic rings. The van der Waals surface area contributed by atoms with E-state index < -0.39 is 19.9 Å². The lowest BCUT2D eigenvalue weighted by molar-refractivity contribution is -0.153. The molecule has 0 saturated carbocycles. The van der Waals surface area contributed by atoms with Crippen LogP contribution in [0.2, 0.25) is 0 Å². The Hall–Kier alpha value is -2.06. The van der Waals surface area contributed by atoms with Gasteiger partial charge in [-0.15, -0.1) is 0 Å². The van der Waals surface area contributed by atoms with Crippen LogP contribution < -0.4 is 5.73 Å². The Bertz CT molecular complexity index is 942. The molecule has 0 rings (SSSR count). The molecule has 8 nitrogen and oxygen atoms in total. The summed E-state index contributed by atoms with van der Waals surface area (Å²) in [6, 6.07) is 0. The Kier molecular flexibility index (Phi) is 33.7. The number of allylic oxidation sites excluding steroid dienone is 11. The molecule has 0 heterocycles. The van der Waals surface area contributed by atoms with E-state index in [9.17, 15) is 14.3 Å². The summed E-state index contributed by atoms with van der Waals surface area (Å²) >= 11 is 0. The standard InChI is InChI=1S/C38H66NO7P/c1-3-5-7-9-11-13-15-17-18-19-21-23-25-27-29-31-38(40)46-37(36-45-47(41,42)44-34-32-39)35-43-33-30-28-26-24-22-20-16-14-12-10-8-6-4-2/h5,7,11-14,17-18,21,23,27,29,37H,3-4,6,8-10,15-16,19-20,22,24-26,28,30-36,39H2,1-2H3,(H,41,42)/b7-5-,13-11-,14-12-,18-17-,23-21-,29-27-. The normalized spacial score (nSPS) is 14.6. The maximum Gasteiger partial charge on any atom is 0.472 e. The molecule has 0 aliphatic heterocycles. The highest BCUT2D eigenvalue weighted by molar-refractivity contribution is 7.47. The summed E-state index contributed by atoms with van der Waals surface area (Å²) in [5.41, 5.74) is 5.34. The van der Waals surface area contributed by atoms with Gasteiger partial charge >= 0.3 is 13.8 Å². The maximum absolute atomic E-state index is 12.4. The van der Waals surface area contributed by atoms with Gasteiger partial charge in [0.15, 0.2) is 0 Å². The molecule has 0 bridgehead atoms. The maximum atomic E-state index is 12.4. The van der Waals surface area contributed by atoms with Gasteiger partial charge in [-0.05, 0) is 64.2 Å². The van der Waals surface area contributed by atoms with Crippen molar-refractivity contribution in [3.63, 3.8) is 0 Å². The molecule has 9 heteroatoms. The molecule has 0 radical (unpaired) electrons. The first-order chi connectivity index (χ1) is 22.9. The Balaban J connectivity index is 4.31. The molecular weight excluding hydrogens is 613 g/mol. The third kappa shape index (κ3) is 35.1. The van der Waals surface area contributed by atoms with Gasteiger partial charge in [-0.25, -0.2) is 4.57 Å². The number of hydrogen-bond donors (Lipinski definition) is 2. The summed E-state index contributed by atoms with van der Waals surface area (Å²) in [6.45, 7) is 4.60. The smallest absolute Gasteiger partial charge is 0.457 e. The van der Waals surface area contributed by atoms with Crippen LogP contribution in [0.15, 0.2) is 72.9 Å². The molecule has 0 spiro atoms. The predicted molar refractivity (Wildman–Crippen MR) is 196 cm³/mol. The first-order valence-electron chi connectivity index (χ1n) is 17.9. The zero-order valence-corrected chi connectivity index (χ0v) is 30.4. The lowest BCUT2D eigenvalue weighted by atomic mass is 10.1. The van der Waals surface area contributed by atoms with E-state index in [1.165, 1.54) is 44.9 Å². The second-order valence-electron chi connectivity index (χ2n) is 11.4. The number of nitrogens with two attached hydrogens (primary N) is 1. The van der Waals surface area contributed by atoms with E-state index >= 15 is 0 Å². The van der Waals surface area contributed by atoms with Crippen molar-refractivity contribution >= 4 is 13.8 Å². The largest absolute Gasteiger partial charge is 0.472 e. The lowest BCUT2D eigenvalue weighted by Crippen LogP contribution is -2.28. The van der Waals surface area contributed by atoms with Gasteiger partial charge in [0, 0.05) is 13.2 Å². The Morgan fingerprint density at radius 1 is 0.660 bits per heavy atom. The number of rotatable bonds is 33. The van der Waals surface area contributed by atoms with E-state index in [-0.39, 0.29) is 32.8 Å². The Labute approximate surface area is 286 Å². The van der Waals surface area contributed by atoms with E-state index in [0.29, 0.717) is 13.0 Å². The highest BCUT2D eigenvalue weighted by Gasteiger charge is 2.25. The number of unbranched alkanes of at least 4 members (excludes halogenated alkanes) is 9. The van der Waals surface area contributed by atoms with E-state index in [0.717, 1.165) is 51.4 Å². The fraction of sp³-hybridized carbons (Fsp3) is 0.658. The van der Waals surface area contributed by atoms with Gasteiger partial charge in [0.25, 0.3) is 0 Å². The minimum atomic E-state index is -4.30. The van der Waals surface area contributed by atoms with Crippen molar-refractivity contribution in [1.82, 2.24) is 0 Å². The van der Waals surface area contributed by atoms with Crippen molar-refractivity contribution in [1.29, 1.82) is 0 Å². The Morgan fingerprint density at radius 3 is 1.77 bits per heavy atom. The number of carbonyl (C=O) groups excluding carboxylic acids is 1. The van der Waals surface area contributed by atoms with Gasteiger partial charge in [0.05, 0.1) is 26.2 Å². The molecule has 47 heavy (non-hydrogen) atoms. The zero-order chi connectivity index (χ0) is 34.5. The van der Waals surface area contributed by atoms with Crippen molar-refractivity contribution in [3.05, 3.63) is 72.9 Å². The van der Waals surface area contributed by atoms with Gasteiger partial charge in [-0.1, -0.05) is 125 Å². The SMILES string of the molecule is CC/C=C\C/C=C\C/C=C\C/C=C\C/C=C\CC(=O)OC(COCCCCCCCC/C=C\CCCCC)COP(=O)(O)OCCN. The van der Waals surface area contributed by atoms with Crippen molar-refractivity contribution in [2.75, 3.05) is 33.0 Å². The first kappa shape index (κ1) is 44.9. The third-order valence-electron chi connectivity index (χ3n) is 6.89.